The molecule has 222 valence electrons. The van der Waals surface area contributed by atoms with E-state index in [-0.39, 0.29) is 23.2 Å². The Morgan fingerprint density at radius 3 is 2.07 bits per heavy atom. The quantitative estimate of drug-likeness (QED) is 0.158. The van der Waals surface area contributed by atoms with Gasteiger partial charge < -0.3 is 13.9 Å². The Morgan fingerprint density at radius 1 is 0.951 bits per heavy atom. The highest BCUT2D eigenvalue weighted by molar-refractivity contribution is 6.99. The van der Waals surface area contributed by atoms with Crippen molar-refractivity contribution in [3.8, 4) is 0 Å². The third kappa shape index (κ3) is 9.13. The maximum atomic E-state index is 12.1. The molecule has 3 rings (SSSR count). The van der Waals surface area contributed by atoms with E-state index in [1.54, 1.807) is 0 Å². The molecule has 41 heavy (non-hydrogen) atoms. The maximum absolute atomic E-state index is 12.1. The first-order valence-corrected chi connectivity index (χ1v) is 16.8. The van der Waals surface area contributed by atoms with Crippen molar-refractivity contribution in [1.29, 1.82) is 0 Å². The number of hydrogen-bond acceptors (Lipinski definition) is 4. The standard InChI is InChI=1S/C36H50O4Si/c1-28(25-31-27-29(2)26-30(40-31)22-24-38-34(37)35(3,4)5)17-15-16-23-39-41(36(6,7)8,32-18-11-9-12-19-32)33-20-13-10-14-21-33/h9-16,18-21,25,30-31H,2,17,22-24,26-27H2,1,3-8H3/b16-15+,28-25+/t30-,31+/m0/s1. The van der Waals surface area contributed by atoms with Crippen LogP contribution in [0.5, 0.6) is 0 Å². The Kier molecular flexibility index (Phi) is 11.5. The molecule has 1 fully saturated rings. The summed E-state index contributed by atoms with van der Waals surface area (Å²) < 4.78 is 18.7. The highest BCUT2D eigenvalue weighted by atomic mass is 28.4. The van der Waals surface area contributed by atoms with E-state index in [0.29, 0.717) is 19.6 Å². The molecule has 0 aromatic heterocycles. The molecule has 0 unspecified atom stereocenters. The highest BCUT2D eigenvalue weighted by Crippen LogP contribution is 2.36. The molecule has 1 aliphatic heterocycles. The van der Waals surface area contributed by atoms with Crippen LogP contribution in [0.1, 0.15) is 74.1 Å². The smallest absolute Gasteiger partial charge is 0.311 e. The second kappa shape index (κ2) is 14.4. The summed E-state index contributed by atoms with van der Waals surface area (Å²) in [5.41, 5.74) is 1.95. The molecule has 0 aliphatic carbocycles. The van der Waals surface area contributed by atoms with E-state index in [2.05, 4.69) is 113 Å². The van der Waals surface area contributed by atoms with E-state index < -0.39 is 13.7 Å². The lowest BCUT2D eigenvalue weighted by Crippen LogP contribution is -2.66. The fourth-order valence-electron chi connectivity index (χ4n) is 5.46. The molecule has 0 radical (unpaired) electrons. The van der Waals surface area contributed by atoms with Gasteiger partial charge in [0.1, 0.15) is 0 Å². The van der Waals surface area contributed by atoms with Crippen LogP contribution in [0.15, 0.2) is 96.6 Å². The molecule has 2 atom stereocenters. The van der Waals surface area contributed by atoms with Crippen molar-refractivity contribution < 1.29 is 18.7 Å². The molecule has 0 bridgehead atoms. The van der Waals surface area contributed by atoms with Crippen LogP contribution < -0.4 is 10.4 Å². The second-order valence-electron chi connectivity index (χ2n) is 13.3. The fourth-order valence-corrected chi connectivity index (χ4v) is 9.96. The van der Waals surface area contributed by atoms with Crippen molar-refractivity contribution >= 4 is 24.7 Å². The summed E-state index contributed by atoms with van der Waals surface area (Å²) in [6, 6.07) is 21.5. The van der Waals surface area contributed by atoms with Crippen LogP contribution in [0.25, 0.3) is 0 Å². The van der Waals surface area contributed by atoms with Crippen molar-refractivity contribution in [3.05, 3.63) is 96.6 Å². The van der Waals surface area contributed by atoms with E-state index in [9.17, 15) is 4.79 Å². The Balaban J connectivity index is 1.61. The van der Waals surface area contributed by atoms with Gasteiger partial charge in [0.2, 0.25) is 0 Å². The fraction of sp³-hybridized carbons (Fsp3) is 0.472. The van der Waals surface area contributed by atoms with Gasteiger partial charge in [-0.05, 0) is 62.4 Å². The lowest BCUT2D eigenvalue weighted by molar-refractivity contribution is -0.154. The molecule has 1 saturated heterocycles. The molecule has 0 N–H and O–H groups in total. The van der Waals surface area contributed by atoms with Crippen LogP contribution in [0.4, 0.5) is 0 Å². The normalized spacial score (nSPS) is 19.0. The molecule has 0 spiro atoms. The topological polar surface area (TPSA) is 44.8 Å². The number of hydrogen-bond donors (Lipinski definition) is 0. The van der Waals surface area contributed by atoms with Gasteiger partial charge in [0.25, 0.3) is 8.32 Å². The number of carbonyl (C=O) groups excluding carboxylic acids is 1. The predicted octanol–water partition coefficient (Wildman–Crippen LogP) is 7.54. The maximum Gasteiger partial charge on any atom is 0.311 e. The van der Waals surface area contributed by atoms with Gasteiger partial charge in [0, 0.05) is 6.42 Å². The molecule has 0 amide bonds. The number of ether oxygens (including phenoxy) is 2. The number of carbonyl (C=O) groups is 1. The van der Waals surface area contributed by atoms with Crippen LogP contribution in [0, 0.1) is 5.41 Å². The summed E-state index contributed by atoms with van der Waals surface area (Å²) >= 11 is 0. The van der Waals surface area contributed by atoms with Gasteiger partial charge in [-0.15, -0.1) is 0 Å². The minimum absolute atomic E-state index is 0.00123. The first kappa shape index (κ1) is 32.8. The summed E-state index contributed by atoms with van der Waals surface area (Å²) in [7, 11) is -2.53. The molecule has 1 heterocycles. The van der Waals surface area contributed by atoms with Gasteiger partial charge in [-0.2, -0.15) is 0 Å². The summed E-state index contributed by atoms with van der Waals surface area (Å²) in [4.78, 5) is 12.1. The van der Waals surface area contributed by atoms with Gasteiger partial charge in [-0.25, -0.2) is 0 Å². The van der Waals surface area contributed by atoms with Crippen LogP contribution in [0.3, 0.4) is 0 Å². The lowest BCUT2D eigenvalue weighted by atomic mass is 9.96. The lowest BCUT2D eigenvalue weighted by Gasteiger charge is -2.42. The monoisotopic (exact) mass is 574 g/mol. The average molecular weight is 575 g/mol. The number of benzene rings is 2. The van der Waals surface area contributed by atoms with Gasteiger partial charge >= 0.3 is 5.97 Å². The Hall–Kier alpha value is -2.73. The van der Waals surface area contributed by atoms with Gasteiger partial charge in [-0.3, -0.25) is 4.79 Å². The SMILES string of the molecule is C=C1C[C@H](CCOC(=O)C(C)(C)C)O[C@H](/C=C(\C)C/C=C/CO[Si](c2ccccc2)(c2ccccc2)C(C)(C)C)C1. The zero-order valence-electron chi connectivity index (χ0n) is 26.2. The zero-order valence-corrected chi connectivity index (χ0v) is 27.2. The van der Waals surface area contributed by atoms with Crippen LogP contribution in [-0.2, 0) is 18.7 Å². The van der Waals surface area contributed by atoms with Crippen molar-refractivity contribution in [2.45, 2.75) is 91.4 Å². The van der Waals surface area contributed by atoms with Crippen LogP contribution in [-0.4, -0.2) is 39.7 Å². The Morgan fingerprint density at radius 2 is 1.54 bits per heavy atom. The molecule has 5 heteroatoms. The molecule has 0 saturated carbocycles. The van der Waals surface area contributed by atoms with Crippen molar-refractivity contribution in [3.63, 3.8) is 0 Å². The molecule has 4 nitrogen and oxygen atoms in total. The van der Waals surface area contributed by atoms with Crippen molar-refractivity contribution in [2.75, 3.05) is 13.2 Å². The van der Waals surface area contributed by atoms with Crippen LogP contribution >= 0.6 is 0 Å². The molecule has 1 aliphatic rings. The predicted molar refractivity (Wildman–Crippen MR) is 173 cm³/mol. The Bertz CT molecular complexity index is 1150. The zero-order chi connectivity index (χ0) is 30.1. The summed E-state index contributed by atoms with van der Waals surface area (Å²) in [6.07, 6.45) is 9.76. The highest BCUT2D eigenvalue weighted by Gasteiger charge is 2.49. The third-order valence-corrected chi connectivity index (χ3v) is 12.6. The first-order chi connectivity index (χ1) is 19.3. The average Bonchev–Trinajstić information content (AvgIpc) is 2.90. The third-order valence-electron chi connectivity index (χ3n) is 7.55. The summed E-state index contributed by atoms with van der Waals surface area (Å²) in [5, 5.41) is 2.54. The van der Waals surface area contributed by atoms with Crippen molar-refractivity contribution in [2.24, 2.45) is 5.41 Å². The minimum atomic E-state index is -2.53. The Labute approximate surface area is 249 Å². The molecule has 2 aromatic carbocycles. The first-order valence-electron chi connectivity index (χ1n) is 14.9. The number of allylic oxidation sites excluding steroid dienone is 2. The number of esters is 1. The van der Waals surface area contributed by atoms with Gasteiger partial charge in [0.15, 0.2) is 0 Å². The van der Waals surface area contributed by atoms with E-state index in [4.69, 9.17) is 13.9 Å². The van der Waals surface area contributed by atoms with E-state index >= 15 is 0 Å². The van der Waals surface area contributed by atoms with E-state index in [1.807, 2.05) is 20.8 Å². The molecular formula is C36H50O4Si. The largest absolute Gasteiger partial charge is 0.465 e. The number of rotatable bonds is 11. The van der Waals surface area contributed by atoms with Gasteiger partial charge in [-0.1, -0.05) is 117 Å². The molecular weight excluding hydrogens is 524 g/mol. The summed E-state index contributed by atoms with van der Waals surface area (Å²) in [5.74, 6) is -0.176. The second-order valence-corrected chi connectivity index (χ2v) is 17.6. The van der Waals surface area contributed by atoms with Crippen molar-refractivity contribution in [1.82, 2.24) is 0 Å². The van der Waals surface area contributed by atoms with E-state index in [1.165, 1.54) is 21.5 Å². The van der Waals surface area contributed by atoms with E-state index in [0.717, 1.165) is 19.3 Å². The minimum Gasteiger partial charge on any atom is -0.465 e. The van der Waals surface area contributed by atoms with Gasteiger partial charge in [0.05, 0.1) is 30.8 Å². The molecule has 2 aromatic rings. The van der Waals surface area contributed by atoms with Crippen LogP contribution in [0.2, 0.25) is 5.04 Å². The summed E-state index contributed by atoms with van der Waals surface area (Å²) in [6.45, 7) is 19.8.